The quantitative estimate of drug-likeness (QED) is 0.587. The molecule has 24 heavy (non-hydrogen) atoms. The van der Waals surface area contributed by atoms with E-state index in [2.05, 4.69) is 10.6 Å². The molecule has 3 aliphatic rings. The molecule has 3 fully saturated rings. The first kappa shape index (κ1) is 17.2. The summed E-state index contributed by atoms with van der Waals surface area (Å²) >= 11 is 0. The molecule has 1 spiro atoms. The third-order valence-corrected chi connectivity index (χ3v) is 5.65. The maximum Gasteiger partial charge on any atom is 0.327 e. The van der Waals surface area contributed by atoms with E-state index < -0.39 is 11.6 Å². The molecule has 1 saturated carbocycles. The van der Waals surface area contributed by atoms with Crippen molar-refractivity contribution >= 4 is 17.8 Å². The van der Waals surface area contributed by atoms with Gasteiger partial charge in [-0.2, -0.15) is 0 Å². The van der Waals surface area contributed by atoms with Gasteiger partial charge in [0.25, 0.3) is 5.91 Å². The van der Waals surface area contributed by atoms with E-state index in [4.69, 9.17) is 0 Å². The lowest BCUT2D eigenvalue weighted by Gasteiger charge is -2.35. The molecule has 2 heterocycles. The van der Waals surface area contributed by atoms with Crippen molar-refractivity contribution in [2.24, 2.45) is 5.92 Å². The number of aliphatic hydroxyl groups excluding tert-OH is 1. The van der Waals surface area contributed by atoms with Crippen LogP contribution in [0.4, 0.5) is 4.79 Å². The van der Waals surface area contributed by atoms with Gasteiger partial charge in [0, 0.05) is 32.6 Å². The molecular weight excluding hydrogens is 312 g/mol. The highest BCUT2D eigenvalue weighted by Crippen LogP contribution is 2.39. The zero-order valence-electron chi connectivity index (χ0n) is 14.1. The number of aliphatic hydroxyl groups is 1. The Morgan fingerprint density at radius 2 is 2.00 bits per heavy atom. The molecule has 0 radical (unpaired) electrons. The van der Waals surface area contributed by atoms with Crippen LogP contribution in [0, 0.1) is 5.92 Å². The molecule has 2 atom stereocenters. The van der Waals surface area contributed by atoms with Crippen molar-refractivity contribution in [1.29, 1.82) is 0 Å². The largest absolute Gasteiger partial charge is 0.391 e. The van der Waals surface area contributed by atoms with Crippen LogP contribution in [0.5, 0.6) is 0 Å². The van der Waals surface area contributed by atoms with E-state index >= 15 is 0 Å². The van der Waals surface area contributed by atoms with E-state index in [1.807, 2.05) is 0 Å². The Morgan fingerprint density at radius 3 is 2.62 bits per heavy atom. The lowest BCUT2D eigenvalue weighted by molar-refractivity contribution is -0.137. The minimum Gasteiger partial charge on any atom is -0.391 e. The van der Waals surface area contributed by atoms with Crippen LogP contribution in [0.15, 0.2) is 0 Å². The number of nitrogens with one attached hydrogen (secondary N) is 2. The molecule has 2 saturated heterocycles. The van der Waals surface area contributed by atoms with Crippen LogP contribution in [0.3, 0.4) is 0 Å². The van der Waals surface area contributed by atoms with Gasteiger partial charge in [0.2, 0.25) is 5.91 Å². The molecule has 2 unspecified atom stereocenters. The normalized spacial score (nSPS) is 29.6. The van der Waals surface area contributed by atoms with Gasteiger partial charge < -0.3 is 20.6 Å². The maximum atomic E-state index is 12.8. The smallest absolute Gasteiger partial charge is 0.327 e. The second kappa shape index (κ2) is 6.68. The van der Waals surface area contributed by atoms with Crippen molar-refractivity contribution in [1.82, 2.24) is 20.4 Å². The fraction of sp³-hybridized carbons (Fsp3) is 0.812. The van der Waals surface area contributed by atoms with Crippen LogP contribution in [-0.2, 0) is 9.59 Å². The van der Waals surface area contributed by atoms with Crippen molar-refractivity contribution in [3.63, 3.8) is 0 Å². The van der Waals surface area contributed by atoms with E-state index in [1.54, 1.807) is 7.05 Å². The van der Waals surface area contributed by atoms with Crippen LogP contribution in [0.1, 0.15) is 32.1 Å². The standard InChI is InChI=1S/C16H26N4O4/c1-19-15(24)20(14(23)16(19)5-3-2-4-6-16)10-13(22)18-8-11-7-17-9-12(11)21/h11-12,17,21H,2-10H2,1H3,(H,18,22). The zero-order valence-corrected chi connectivity index (χ0v) is 14.1. The summed E-state index contributed by atoms with van der Waals surface area (Å²) in [5.41, 5.74) is -0.749. The number of nitrogens with zero attached hydrogens (tertiary/aromatic N) is 2. The van der Waals surface area contributed by atoms with E-state index in [-0.39, 0.29) is 30.3 Å². The molecule has 0 bridgehead atoms. The number of carbonyl (C=O) groups is 3. The molecule has 0 aromatic heterocycles. The van der Waals surface area contributed by atoms with Crippen LogP contribution >= 0.6 is 0 Å². The first-order valence-electron chi connectivity index (χ1n) is 8.71. The second-order valence-electron chi connectivity index (χ2n) is 7.11. The Bertz CT molecular complexity index is 532. The molecule has 4 amide bonds. The number of hydrogen-bond donors (Lipinski definition) is 3. The van der Waals surface area contributed by atoms with E-state index in [9.17, 15) is 19.5 Å². The number of rotatable bonds is 4. The minimum absolute atomic E-state index is 0.0358. The Labute approximate surface area is 141 Å². The van der Waals surface area contributed by atoms with Gasteiger partial charge >= 0.3 is 6.03 Å². The van der Waals surface area contributed by atoms with Gasteiger partial charge in [0.05, 0.1) is 6.10 Å². The maximum absolute atomic E-state index is 12.8. The van der Waals surface area contributed by atoms with Crippen molar-refractivity contribution in [2.75, 3.05) is 33.2 Å². The van der Waals surface area contributed by atoms with Gasteiger partial charge in [0.1, 0.15) is 12.1 Å². The summed E-state index contributed by atoms with van der Waals surface area (Å²) in [5.74, 6) is -0.643. The fourth-order valence-electron chi connectivity index (χ4n) is 4.04. The van der Waals surface area contributed by atoms with E-state index in [0.717, 1.165) is 24.2 Å². The van der Waals surface area contributed by atoms with Gasteiger partial charge in [-0.05, 0) is 12.8 Å². The molecular formula is C16H26N4O4. The van der Waals surface area contributed by atoms with E-state index in [0.29, 0.717) is 32.5 Å². The number of β-amino-alcohol motifs (C(OH)–C–C–N with tert-alkyl or cyclic N) is 1. The second-order valence-corrected chi connectivity index (χ2v) is 7.11. The molecule has 8 nitrogen and oxygen atoms in total. The monoisotopic (exact) mass is 338 g/mol. The lowest BCUT2D eigenvalue weighted by Crippen LogP contribution is -2.49. The van der Waals surface area contributed by atoms with Gasteiger partial charge in [-0.1, -0.05) is 19.3 Å². The first-order valence-corrected chi connectivity index (χ1v) is 8.71. The molecule has 1 aliphatic carbocycles. The highest BCUT2D eigenvalue weighted by molar-refractivity contribution is 6.08. The van der Waals surface area contributed by atoms with Crippen molar-refractivity contribution in [3.8, 4) is 0 Å². The van der Waals surface area contributed by atoms with Crippen LogP contribution in [-0.4, -0.2) is 77.6 Å². The predicted molar refractivity (Wildman–Crippen MR) is 86.1 cm³/mol. The topological polar surface area (TPSA) is 102 Å². The summed E-state index contributed by atoms with van der Waals surface area (Å²) in [6.07, 6.45) is 3.80. The summed E-state index contributed by atoms with van der Waals surface area (Å²) in [5, 5.41) is 15.5. The SMILES string of the molecule is CN1C(=O)N(CC(=O)NCC2CNCC2O)C(=O)C12CCCCC2. The average Bonchev–Trinajstić information content (AvgIpc) is 3.06. The van der Waals surface area contributed by atoms with Crippen molar-refractivity contribution < 1.29 is 19.5 Å². The third-order valence-electron chi connectivity index (χ3n) is 5.65. The Kier molecular flexibility index (Phi) is 4.78. The number of urea groups is 1. The first-order chi connectivity index (χ1) is 11.5. The molecule has 134 valence electrons. The number of hydrogen-bond acceptors (Lipinski definition) is 5. The summed E-state index contributed by atoms with van der Waals surface area (Å²) < 4.78 is 0. The van der Waals surface area contributed by atoms with Gasteiger partial charge in [0.15, 0.2) is 0 Å². The van der Waals surface area contributed by atoms with Gasteiger partial charge in [-0.3, -0.25) is 14.5 Å². The van der Waals surface area contributed by atoms with E-state index in [1.165, 1.54) is 4.90 Å². The number of carbonyl (C=O) groups excluding carboxylic acids is 3. The van der Waals surface area contributed by atoms with Crippen LogP contribution in [0.2, 0.25) is 0 Å². The molecule has 3 N–H and O–H groups in total. The average molecular weight is 338 g/mol. The molecule has 0 aromatic rings. The summed E-state index contributed by atoms with van der Waals surface area (Å²) in [4.78, 5) is 40.0. The van der Waals surface area contributed by atoms with Crippen LogP contribution < -0.4 is 10.6 Å². The Balaban J connectivity index is 1.59. The minimum atomic E-state index is -0.749. The molecule has 0 aromatic carbocycles. The fourth-order valence-corrected chi connectivity index (χ4v) is 4.04. The summed E-state index contributed by atoms with van der Waals surface area (Å²) in [6, 6.07) is -0.389. The predicted octanol–water partition coefficient (Wildman–Crippen LogP) is -0.720. The van der Waals surface area contributed by atoms with Crippen molar-refractivity contribution in [2.45, 2.75) is 43.7 Å². The summed E-state index contributed by atoms with van der Waals surface area (Å²) in [7, 11) is 1.66. The summed E-state index contributed by atoms with van der Waals surface area (Å²) in [6.45, 7) is 1.26. The zero-order chi connectivity index (χ0) is 17.3. The Hall–Kier alpha value is -1.67. The van der Waals surface area contributed by atoms with Gasteiger partial charge in [-0.25, -0.2) is 4.79 Å². The Morgan fingerprint density at radius 1 is 1.29 bits per heavy atom. The molecule has 3 rings (SSSR count). The van der Waals surface area contributed by atoms with Crippen LogP contribution in [0.25, 0.3) is 0 Å². The lowest BCUT2D eigenvalue weighted by atomic mass is 9.81. The molecule has 8 heteroatoms. The van der Waals surface area contributed by atoms with Crippen molar-refractivity contribution in [3.05, 3.63) is 0 Å². The highest BCUT2D eigenvalue weighted by atomic mass is 16.3. The third kappa shape index (κ3) is 2.88. The highest BCUT2D eigenvalue weighted by Gasteiger charge is 2.55. The van der Waals surface area contributed by atoms with Gasteiger partial charge in [-0.15, -0.1) is 0 Å². The number of imide groups is 1. The molecule has 2 aliphatic heterocycles. The number of likely N-dealkylation sites (N-methyl/N-ethyl adjacent to an activating group) is 1. The number of amides is 4.